The predicted octanol–water partition coefficient (Wildman–Crippen LogP) is 4.90. The highest BCUT2D eigenvalue weighted by atomic mass is 35.5. The normalized spacial score (nSPS) is 12.2. The molecule has 0 aromatic heterocycles. The van der Waals surface area contributed by atoms with E-state index in [0.717, 1.165) is 18.2 Å². The number of amides is 2. The zero-order valence-electron chi connectivity index (χ0n) is 15.8. The third kappa shape index (κ3) is 6.39. The Morgan fingerprint density at radius 3 is 2.38 bits per heavy atom. The molecule has 0 spiro atoms. The number of ether oxygens (including phenoxy) is 1. The van der Waals surface area contributed by atoms with E-state index in [0.29, 0.717) is 17.0 Å². The fourth-order valence-electron chi connectivity index (χ4n) is 2.33. The molecule has 0 fully saturated rings. The maximum atomic E-state index is 13.0. The molecule has 2 rings (SSSR count). The number of carbonyl (C=O) groups excluding carboxylic acids is 2. The lowest BCUT2D eigenvalue weighted by Crippen LogP contribution is -2.41. The van der Waals surface area contributed by atoms with Crippen molar-refractivity contribution in [3.63, 3.8) is 0 Å². The van der Waals surface area contributed by atoms with E-state index in [1.807, 2.05) is 6.92 Å². The van der Waals surface area contributed by atoms with Crippen LogP contribution in [0.3, 0.4) is 0 Å². The smallest absolute Gasteiger partial charge is 0.416 e. The summed E-state index contributed by atoms with van der Waals surface area (Å²) in [5.41, 5.74) is -0.750. The molecule has 0 aliphatic carbocycles. The number of hydrogen-bond donors (Lipinski definition) is 2. The molecule has 2 aromatic carbocycles. The Morgan fingerprint density at radius 1 is 1.14 bits per heavy atom. The molecule has 5 nitrogen and oxygen atoms in total. The number of nitrogens with one attached hydrogen (secondary N) is 2. The van der Waals surface area contributed by atoms with E-state index < -0.39 is 29.6 Å². The van der Waals surface area contributed by atoms with Gasteiger partial charge >= 0.3 is 6.18 Å². The fourth-order valence-corrected chi connectivity index (χ4v) is 2.46. The van der Waals surface area contributed by atoms with E-state index in [1.54, 1.807) is 0 Å². The molecule has 0 saturated carbocycles. The van der Waals surface area contributed by atoms with Crippen molar-refractivity contribution in [2.24, 2.45) is 0 Å². The van der Waals surface area contributed by atoms with Gasteiger partial charge in [0.2, 0.25) is 5.91 Å². The summed E-state index contributed by atoms with van der Waals surface area (Å²) >= 11 is 5.77. The van der Waals surface area contributed by atoms with Crippen LogP contribution < -0.4 is 15.4 Å². The van der Waals surface area contributed by atoms with Crippen LogP contribution in [0.5, 0.6) is 5.75 Å². The summed E-state index contributed by atoms with van der Waals surface area (Å²) in [6, 6.07) is 7.88. The molecule has 2 N–H and O–H groups in total. The third-order valence-electron chi connectivity index (χ3n) is 3.87. The zero-order chi connectivity index (χ0) is 21.6. The molecule has 2 aromatic rings. The van der Waals surface area contributed by atoms with Gasteiger partial charge in [-0.05, 0) is 55.8 Å². The van der Waals surface area contributed by atoms with Crippen LogP contribution in [0.2, 0.25) is 5.02 Å². The standard InChI is InChI=1S/C20H20ClF3N2O3/c1-3-10-29-17-9-6-14(20(22,23)24)11-16(17)26-18(27)12(2)25-19(28)13-4-7-15(21)8-5-13/h4-9,11-12H,3,10H2,1-2H3,(H,25,28)(H,26,27). The van der Waals surface area contributed by atoms with Crippen molar-refractivity contribution >= 4 is 29.1 Å². The van der Waals surface area contributed by atoms with Crippen LogP contribution in [0, 0.1) is 0 Å². The Kier molecular flexibility index (Phi) is 7.50. The Hall–Kier alpha value is -2.74. The summed E-state index contributed by atoms with van der Waals surface area (Å²) in [5, 5.41) is 5.34. The van der Waals surface area contributed by atoms with E-state index in [2.05, 4.69) is 10.6 Å². The number of benzene rings is 2. The van der Waals surface area contributed by atoms with Gasteiger partial charge in [-0.15, -0.1) is 0 Å². The number of hydrogen-bond acceptors (Lipinski definition) is 3. The molecule has 0 saturated heterocycles. The van der Waals surface area contributed by atoms with Crippen LogP contribution in [-0.4, -0.2) is 24.5 Å². The van der Waals surface area contributed by atoms with Crippen molar-refractivity contribution < 1.29 is 27.5 Å². The molecule has 156 valence electrons. The highest BCUT2D eigenvalue weighted by molar-refractivity contribution is 6.30. The van der Waals surface area contributed by atoms with E-state index in [1.165, 1.54) is 31.2 Å². The molecule has 2 amide bonds. The van der Waals surface area contributed by atoms with Gasteiger partial charge in [0.25, 0.3) is 5.91 Å². The monoisotopic (exact) mass is 428 g/mol. The Bertz CT molecular complexity index is 870. The maximum Gasteiger partial charge on any atom is 0.416 e. The summed E-state index contributed by atoms with van der Waals surface area (Å²) in [6.07, 6.45) is -3.93. The van der Waals surface area contributed by atoms with Crippen molar-refractivity contribution in [3.05, 3.63) is 58.6 Å². The minimum absolute atomic E-state index is 0.115. The van der Waals surface area contributed by atoms with E-state index in [-0.39, 0.29) is 18.0 Å². The first-order valence-corrected chi connectivity index (χ1v) is 9.21. The average Bonchev–Trinajstić information content (AvgIpc) is 2.66. The van der Waals surface area contributed by atoms with Crippen molar-refractivity contribution in [3.8, 4) is 5.75 Å². The Balaban J connectivity index is 2.14. The first-order valence-electron chi connectivity index (χ1n) is 8.83. The van der Waals surface area contributed by atoms with Crippen molar-refractivity contribution in [2.45, 2.75) is 32.5 Å². The fraction of sp³-hybridized carbons (Fsp3) is 0.300. The second kappa shape index (κ2) is 9.65. The topological polar surface area (TPSA) is 67.4 Å². The molecular formula is C20H20ClF3N2O3. The molecule has 0 radical (unpaired) electrons. The maximum absolute atomic E-state index is 13.0. The van der Waals surface area contributed by atoms with Crippen LogP contribution in [0.1, 0.15) is 36.2 Å². The Labute approximate surface area is 171 Å². The number of rotatable bonds is 7. The van der Waals surface area contributed by atoms with Crippen LogP contribution in [0.4, 0.5) is 18.9 Å². The Morgan fingerprint density at radius 2 is 1.79 bits per heavy atom. The SMILES string of the molecule is CCCOc1ccc(C(F)(F)F)cc1NC(=O)C(C)NC(=O)c1ccc(Cl)cc1. The quantitative estimate of drug-likeness (QED) is 0.658. The summed E-state index contributed by atoms with van der Waals surface area (Å²) < 4.78 is 44.5. The van der Waals surface area contributed by atoms with Crippen LogP contribution >= 0.6 is 11.6 Å². The third-order valence-corrected chi connectivity index (χ3v) is 4.13. The highest BCUT2D eigenvalue weighted by Gasteiger charge is 2.31. The molecule has 0 aliphatic heterocycles. The van der Waals surface area contributed by atoms with Gasteiger partial charge in [-0.1, -0.05) is 18.5 Å². The van der Waals surface area contributed by atoms with Gasteiger partial charge in [-0.3, -0.25) is 9.59 Å². The van der Waals surface area contributed by atoms with E-state index in [9.17, 15) is 22.8 Å². The lowest BCUT2D eigenvalue weighted by atomic mass is 10.1. The summed E-state index contributed by atoms with van der Waals surface area (Å²) in [4.78, 5) is 24.6. The molecule has 9 heteroatoms. The van der Waals surface area contributed by atoms with Gasteiger partial charge in [-0.25, -0.2) is 0 Å². The lowest BCUT2D eigenvalue weighted by Gasteiger charge is -2.18. The van der Waals surface area contributed by atoms with Crippen LogP contribution in [0.15, 0.2) is 42.5 Å². The van der Waals surface area contributed by atoms with Gasteiger partial charge in [0.05, 0.1) is 17.9 Å². The molecule has 1 unspecified atom stereocenters. The summed E-state index contributed by atoms with van der Waals surface area (Å²) in [5.74, 6) is -1.09. The first kappa shape index (κ1) is 22.5. The average molecular weight is 429 g/mol. The van der Waals surface area contributed by atoms with Gasteiger partial charge in [0, 0.05) is 10.6 Å². The molecule has 1 atom stereocenters. The van der Waals surface area contributed by atoms with E-state index in [4.69, 9.17) is 16.3 Å². The molecule has 0 heterocycles. The second-order valence-corrected chi connectivity index (χ2v) is 6.68. The van der Waals surface area contributed by atoms with Crippen LogP contribution in [-0.2, 0) is 11.0 Å². The minimum Gasteiger partial charge on any atom is -0.491 e. The molecule has 0 bridgehead atoms. The predicted molar refractivity (Wildman–Crippen MR) is 104 cm³/mol. The largest absolute Gasteiger partial charge is 0.491 e. The van der Waals surface area contributed by atoms with Gasteiger partial charge in [-0.2, -0.15) is 13.2 Å². The van der Waals surface area contributed by atoms with Crippen molar-refractivity contribution in [2.75, 3.05) is 11.9 Å². The lowest BCUT2D eigenvalue weighted by molar-refractivity contribution is -0.137. The van der Waals surface area contributed by atoms with Gasteiger partial charge < -0.3 is 15.4 Å². The minimum atomic E-state index is -4.57. The van der Waals surface area contributed by atoms with E-state index >= 15 is 0 Å². The van der Waals surface area contributed by atoms with Crippen molar-refractivity contribution in [1.82, 2.24) is 5.32 Å². The second-order valence-electron chi connectivity index (χ2n) is 6.25. The highest BCUT2D eigenvalue weighted by Crippen LogP contribution is 2.35. The summed E-state index contributed by atoms with van der Waals surface area (Å²) in [6.45, 7) is 3.54. The molecule has 29 heavy (non-hydrogen) atoms. The number of anilines is 1. The summed E-state index contributed by atoms with van der Waals surface area (Å²) in [7, 11) is 0. The molecule has 0 aliphatic rings. The molecular weight excluding hydrogens is 409 g/mol. The van der Waals surface area contributed by atoms with Crippen LogP contribution in [0.25, 0.3) is 0 Å². The van der Waals surface area contributed by atoms with Gasteiger partial charge in [0.15, 0.2) is 0 Å². The first-order chi connectivity index (χ1) is 13.6. The number of alkyl halides is 3. The zero-order valence-corrected chi connectivity index (χ0v) is 16.5. The number of halogens is 4. The number of carbonyl (C=O) groups is 2. The van der Waals surface area contributed by atoms with Crippen molar-refractivity contribution in [1.29, 1.82) is 0 Å². The van der Waals surface area contributed by atoms with Gasteiger partial charge in [0.1, 0.15) is 11.8 Å².